The number of benzene rings is 3. The zero-order chi connectivity index (χ0) is 25.1. The standard InChI is InChI=1S/C26H27NO2.C2H2O4/c28-25-21(20-27-18-19-29-24-14-8-3-9-15-24)16-17-26(25,22-10-4-1-5-11-22)23-12-6-2-7-13-23;3-1(4)2(5)6/h1-15,21,27H,16-20H2;(H,3,4)(H,5,6). The lowest BCUT2D eigenvalue weighted by molar-refractivity contribution is -0.159. The van der Waals surface area contributed by atoms with Crippen LogP contribution in [0.15, 0.2) is 91.0 Å². The molecule has 1 aliphatic rings. The fourth-order valence-corrected chi connectivity index (χ4v) is 4.41. The van der Waals surface area contributed by atoms with Crippen molar-refractivity contribution >= 4 is 17.7 Å². The van der Waals surface area contributed by atoms with Gasteiger partial charge in [0.2, 0.25) is 0 Å². The predicted octanol–water partition coefficient (Wildman–Crippen LogP) is 3.78. The highest BCUT2D eigenvalue weighted by atomic mass is 16.5. The lowest BCUT2D eigenvalue weighted by atomic mass is 9.72. The molecule has 1 atom stereocenters. The highest BCUT2D eigenvalue weighted by Crippen LogP contribution is 2.46. The Hall–Kier alpha value is -3.97. The molecule has 0 bridgehead atoms. The Balaban J connectivity index is 0.000000509. The number of para-hydroxylation sites is 1. The van der Waals surface area contributed by atoms with Crippen molar-refractivity contribution in [3.8, 4) is 5.75 Å². The summed E-state index contributed by atoms with van der Waals surface area (Å²) in [6.07, 6.45) is 1.75. The van der Waals surface area contributed by atoms with Crippen LogP contribution in [-0.2, 0) is 19.8 Å². The number of nitrogens with one attached hydrogen (secondary N) is 1. The molecule has 3 aromatic carbocycles. The second-order valence-corrected chi connectivity index (χ2v) is 8.21. The number of carbonyl (C=O) groups excluding carboxylic acids is 1. The van der Waals surface area contributed by atoms with E-state index in [-0.39, 0.29) is 5.92 Å². The summed E-state index contributed by atoms with van der Waals surface area (Å²) < 4.78 is 5.73. The van der Waals surface area contributed by atoms with Crippen molar-refractivity contribution in [2.75, 3.05) is 19.7 Å². The van der Waals surface area contributed by atoms with Gasteiger partial charge in [-0.2, -0.15) is 0 Å². The van der Waals surface area contributed by atoms with Crippen molar-refractivity contribution in [3.05, 3.63) is 102 Å². The molecule has 0 aliphatic heterocycles. The molecule has 0 heterocycles. The first-order valence-corrected chi connectivity index (χ1v) is 11.5. The number of carbonyl (C=O) groups is 3. The maximum absolute atomic E-state index is 13.6. The summed E-state index contributed by atoms with van der Waals surface area (Å²) in [6.45, 7) is 2.01. The number of ketones is 1. The molecule has 1 unspecified atom stereocenters. The van der Waals surface area contributed by atoms with E-state index in [4.69, 9.17) is 24.5 Å². The Bertz CT molecular complexity index is 1050. The monoisotopic (exact) mass is 475 g/mol. The van der Waals surface area contributed by atoms with Crippen molar-refractivity contribution in [2.24, 2.45) is 5.92 Å². The normalized spacial score (nSPS) is 16.1. The van der Waals surface area contributed by atoms with Gasteiger partial charge < -0.3 is 20.3 Å². The van der Waals surface area contributed by atoms with E-state index >= 15 is 0 Å². The smallest absolute Gasteiger partial charge is 0.414 e. The van der Waals surface area contributed by atoms with Gasteiger partial charge in [0.25, 0.3) is 0 Å². The molecule has 0 amide bonds. The van der Waals surface area contributed by atoms with Gasteiger partial charge in [-0.1, -0.05) is 78.9 Å². The van der Waals surface area contributed by atoms with Crippen LogP contribution >= 0.6 is 0 Å². The van der Waals surface area contributed by atoms with E-state index in [1.807, 2.05) is 66.7 Å². The Morgan fingerprint density at radius 2 is 1.31 bits per heavy atom. The fraction of sp³-hybridized carbons (Fsp3) is 0.250. The average molecular weight is 476 g/mol. The number of hydrogen-bond donors (Lipinski definition) is 3. The van der Waals surface area contributed by atoms with Crippen molar-refractivity contribution in [2.45, 2.75) is 18.3 Å². The molecule has 0 radical (unpaired) electrons. The molecule has 3 aromatic rings. The SMILES string of the molecule is O=C(O)C(=O)O.O=C1C(CNCCOc2ccccc2)CCC1(c1ccccc1)c1ccccc1. The van der Waals surface area contributed by atoms with Crippen molar-refractivity contribution in [3.63, 3.8) is 0 Å². The largest absolute Gasteiger partial charge is 0.492 e. The highest BCUT2D eigenvalue weighted by Gasteiger charge is 2.49. The Labute approximate surface area is 204 Å². The highest BCUT2D eigenvalue weighted by molar-refractivity contribution is 6.27. The number of aliphatic carboxylic acids is 2. The Morgan fingerprint density at radius 1 is 0.829 bits per heavy atom. The lowest BCUT2D eigenvalue weighted by Gasteiger charge is -2.29. The molecule has 7 nitrogen and oxygen atoms in total. The van der Waals surface area contributed by atoms with Gasteiger partial charge in [-0.3, -0.25) is 4.79 Å². The fourth-order valence-electron chi connectivity index (χ4n) is 4.41. The first kappa shape index (κ1) is 25.6. The van der Waals surface area contributed by atoms with E-state index in [0.29, 0.717) is 18.9 Å². The molecule has 1 aliphatic carbocycles. The topological polar surface area (TPSA) is 113 Å². The Kier molecular flexibility index (Phi) is 9.15. The summed E-state index contributed by atoms with van der Waals surface area (Å²) in [5.74, 6) is -2.43. The van der Waals surface area contributed by atoms with Crippen LogP contribution in [0.2, 0.25) is 0 Å². The average Bonchev–Trinajstić information content (AvgIpc) is 3.22. The van der Waals surface area contributed by atoms with Gasteiger partial charge in [-0.25, -0.2) is 9.59 Å². The number of carboxylic acids is 2. The maximum atomic E-state index is 13.6. The van der Waals surface area contributed by atoms with Crippen LogP contribution in [0.25, 0.3) is 0 Å². The molecule has 1 saturated carbocycles. The maximum Gasteiger partial charge on any atom is 0.414 e. The van der Waals surface area contributed by atoms with Crippen LogP contribution in [0, 0.1) is 5.92 Å². The first-order valence-electron chi connectivity index (χ1n) is 11.5. The molecular weight excluding hydrogens is 446 g/mol. The first-order chi connectivity index (χ1) is 16.9. The van der Waals surface area contributed by atoms with Crippen molar-refractivity contribution in [1.82, 2.24) is 5.32 Å². The van der Waals surface area contributed by atoms with Gasteiger partial charge in [-0.15, -0.1) is 0 Å². The molecule has 35 heavy (non-hydrogen) atoms. The zero-order valence-corrected chi connectivity index (χ0v) is 19.3. The molecular formula is C28H29NO6. The number of hydrogen-bond acceptors (Lipinski definition) is 5. The minimum Gasteiger partial charge on any atom is -0.492 e. The number of rotatable bonds is 8. The quantitative estimate of drug-likeness (QED) is 0.336. The summed E-state index contributed by atoms with van der Waals surface area (Å²) in [5.41, 5.74) is 1.67. The molecule has 1 fully saturated rings. The minimum atomic E-state index is -1.82. The molecule has 0 aromatic heterocycles. The lowest BCUT2D eigenvalue weighted by Crippen LogP contribution is -2.38. The molecule has 4 rings (SSSR count). The summed E-state index contributed by atoms with van der Waals surface area (Å²) in [7, 11) is 0. The van der Waals surface area contributed by atoms with E-state index in [1.165, 1.54) is 0 Å². The third-order valence-corrected chi connectivity index (χ3v) is 6.06. The second-order valence-electron chi connectivity index (χ2n) is 8.21. The molecule has 182 valence electrons. The van der Waals surface area contributed by atoms with E-state index in [9.17, 15) is 4.79 Å². The zero-order valence-electron chi connectivity index (χ0n) is 19.3. The summed E-state index contributed by atoms with van der Waals surface area (Å²) >= 11 is 0. The summed E-state index contributed by atoms with van der Waals surface area (Å²) in [4.78, 5) is 31.8. The van der Waals surface area contributed by atoms with Crippen LogP contribution in [0.3, 0.4) is 0 Å². The number of Topliss-reactive ketones (excluding diaryl/α,β-unsaturated/α-hetero) is 1. The van der Waals surface area contributed by atoms with Crippen LogP contribution in [0.1, 0.15) is 24.0 Å². The van der Waals surface area contributed by atoms with E-state index in [0.717, 1.165) is 36.3 Å². The van der Waals surface area contributed by atoms with E-state index < -0.39 is 17.4 Å². The van der Waals surface area contributed by atoms with Gasteiger partial charge in [0, 0.05) is 19.0 Å². The van der Waals surface area contributed by atoms with Crippen LogP contribution in [0.5, 0.6) is 5.75 Å². The Morgan fingerprint density at radius 3 is 1.80 bits per heavy atom. The van der Waals surface area contributed by atoms with Gasteiger partial charge in [0.05, 0.1) is 5.41 Å². The molecule has 0 spiro atoms. The van der Waals surface area contributed by atoms with Gasteiger partial charge in [-0.05, 0) is 36.1 Å². The predicted molar refractivity (Wildman–Crippen MR) is 131 cm³/mol. The number of carboxylic acid groups (broad SMARTS) is 2. The van der Waals surface area contributed by atoms with Crippen molar-refractivity contribution < 1.29 is 29.3 Å². The second kappa shape index (κ2) is 12.5. The third kappa shape index (κ3) is 6.55. The van der Waals surface area contributed by atoms with Crippen LogP contribution < -0.4 is 10.1 Å². The molecule has 0 saturated heterocycles. The summed E-state index contributed by atoms with van der Waals surface area (Å²) in [6, 6.07) is 30.3. The van der Waals surface area contributed by atoms with E-state index in [2.05, 4.69) is 29.6 Å². The van der Waals surface area contributed by atoms with Gasteiger partial charge in [0.15, 0.2) is 5.78 Å². The number of ether oxygens (including phenoxy) is 1. The van der Waals surface area contributed by atoms with Gasteiger partial charge in [0.1, 0.15) is 12.4 Å². The molecule has 7 heteroatoms. The van der Waals surface area contributed by atoms with Crippen LogP contribution in [0.4, 0.5) is 0 Å². The van der Waals surface area contributed by atoms with Crippen LogP contribution in [-0.4, -0.2) is 47.6 Å². The summed E-state index contributed by atoms with van der Waals surface area (Å²) in [5, 5.41) is 18.2. The minimum absolute atomic E-state index is 0.0205. The molecule has 3 N–H and O–H groups in total. The van der Waals surface area contributed by atoms with Gasteiger partial charge >= 0.3 is 11.9 Å². The van der Waals surface area contributed by atoms with E-state index in [1.54, 1.807) is 0 Å². The third-order valence-electron chi connectivity index (χ3n) is 6.06. The van der Waals surface area contributed by atoms with Crippen molar-refractivity contribution in [1.29, 1.82) is 0 Å².